The highest BCUT2D eigenvalue weighted by Gasteiger charge is 2.12. The highest BCUT2D eigenvalue weighted by atomic mass is 79.9. The molecule has 0 aromatic heterocycles. The first-order chi connectivity index (χ1) is 12.3. The molecule has 2 aromatic carbocycles. The minimum atomic E-state index is -0.360. The second-order valence-electron chi connectivity index (χ2n) is 6.04. The molecule has 0 saturated carbocycles. The summed E-state index contributed by atoms with van der Waals surface area (Å²) in [6, 6.07) is 8.97. The van der Waals surface area contributed by atoms with Crippen molar-refractivity contribution in [3.63, 3.8) is 0 Å². The summed E-state index contributed by atoms with van der Waals surface area (Å²) < 4.78 is 6.70. The highest BCUT2D eigenvalue weighted by Crippen LogP contribution is 2.32. The third-order valence-corrected chi connectivity index (χ3v) is 5.04. The number of nitrogens with one attached hydrogen (secondary N) is 1. The molecule has 0 saturated heterocycles. The van der Waals surface area contributed by atoms with Gasteiger partial charge < -0.3 is 4.74 Å². The van der Waals surface area contributed by atoms with Gasteiger partial charge in [-0.1, -0.05) is 59.0 Å². The van der Waals surface area contributed by atoms with Crippen LogP contribution in [0.3, 0.4) is 0 Å². The van der Waals surface area contributed by atoms with Crippen molar-refractivity contribution < 1.29 is 9.53 Å². The standard InChI is InChI=1S/C19H19BrCl2N2O2/c1-11(2)15-8-16(20)12(3)6-18(15)26-10-19(25)24-23-9-13-4-5-14(21)7-17(13)22/h4-9,11H,10H2,1-3H3,(H,24,25)/b23-9+. The van der Waals surface area contributed by atoms with Crippen LogP contribution in [0.5, 0.6) is 5.75 Å². The van der Waals surface area contributed by atoms with Gasteiger partial charge in [0.1, 0.15) is 5.75 Å². The number of nitrogens with zero attached hydrogens (tertiary/aromatic N) is 1. The number of halogens is 3. The number of rotatable bonds is 6. The summed E-state index contributed by atoms with van der Waals surface area (Å²) in [4.78, 5) is 12.0. The summed E-state index contributed by atoms with van der Waals surface area (Å²) in [5.74, 6) is 0.609. The lowest BCUT2D eigenvalue weighted by molar-refractivity contribution is -0.123. The van der Waals surface area contributed by atoms with E-state index in [1.807, 2.05) is 19.1 Å². The lowest BCUT2D eigenvalue weighted by Crippen LogP contribution is -2.25. The van der Waals surface area contributed by atoms with Crippen LogP contribution in [0.15, 0.2) is 39.9 Å². The predicted molar refractivity (Wildman–Crippen MR) is 111 cm³/mol. The zero-order valence-electron chi connectivity index (χ0n) is 14.6. The molecule has 26 heavy (non-hydrogen) atoms. The minimum absolute atomic E-state index is 0.132. The van der Waals surface area contributed by atoms with Crippen LogP contribution in [0.2, 0.25) is 10.0 Å². The fraction of sp³-hybridized carbons (Fsp3) is 0.263. The van der Waals surface area contributed by atoms with Gasteiger partial charge in [0.2, 0.25) is 0 Å². The topological polar surface area (TPSA) is 50.7 Å². The average molecular weight is 458 g/mol. The van der Waals surface area contributed by atoms with Gasteiger partial charge in [0.15, 0.2) is 6.61 Å². The van der Waals surface area contributed by atoms with E-state index < -0.39 is 0 Å². The Hall–Kier alpha value is -1.56. The Bertz CT molecular complexity index is 839. The van der Waals surface area contributed by atoms with Gasteiger partial charge in [-0.3, -0.25) is 4.79 Å². The first-order valence-electron chi connectivity index (χ1n) is 7.97. The Balaban J connectivity index is 1.97. The molecular formula is C19H19BrCl2N2O2. The molecule has 0 radical (unpaired) electrons. The molecule has 0 unspecified atom stereocenters. The summed E-state index contributed by atoms with van der Waals surface area (Å²) >= 11 is 15.4. The molecule has 138 valence electrons. The SMILES string of the molecule is Cc1cc(OCC(=O)N/N=C/c2ccc(Cl)cc2Cl)c(C(C)C)cc1Br. The van der Waals surface area contributed by atoms with E-state index in [0.717, 1.165) is 15.6 Å². The molecule has 2 aromatic rings. The molecule has 0 aliphatic carbocycles. The number of carbonyl (C=O) groups excluding carboxylic acids is 1. The van der Waals surface area contributed by atoms with Crippen LogP contribution in [0, 0.1) is 6.92 Å². The zero-order valence-corrected chi connectivity index (χ0v) is 17.7. The second kappa shape index (κ2) is 9.40. The van der Waals surface area contributed by atoms with Crippen LogP contribution in [0.1, 0.15) is 36.5 Å². The molecule has 0 aliphatic heterocycles. The van der Waals surface area contributed by atoms with Crippen molar-refractivity contribution in [2.45, 2.75) is 26.7 Å². The molecule has 1 N–H and O–H groups in total. The number of hydrazone groups is 1. The number of ether oxygens (including phenoxy) is 1. The maximum atomic E-state index is 12.0. The van der Waals surface area contributed by atoms with Gasteiger partial charge in [0.25, 0.3) is 5.91 Å². The third-order valence-electron chi connectivity index (χ3n) is 3.63. The monoisotopic (exact) mass is 456 g/mol. The molecule has 0 heterocycles. The van der Waals surface area contributed by atoms with E-state index in [-0.39, 0.29) is 18.4 Å². The van der Waals surface area contributed by atoms with Crippen molar-refractivity contribution in [1.82, 2.24) is 5.43 Å². The molecule has 1 amide bonds. The van der Waals surface area contributed by atoms with Crippen LogP contribution in [0.4, 0.5) is 0 Å². The Morgan fingerprint density at radius 2 is 2.04 bits per heavy atom. The van der Waals surface area contributed by atoms with Crippen LogP contribution >= 0.6 is 39.1 Å². The zero-order chi connectivity index (χ0) is 19.3. The largest absolute Gasteiger partial charge is 0.483 e. The van der Waals surface area contributed by atoms with E-state index in [2.05, 4.69) is 40.3 Å². The third kappa shape index (κ3) is 5.73. The van der Waals surface area contributed by atoms with E-state index in [0.29, 0.717) is 21.4 Å². The average Bonchev–Trinajstić information content (AvgIpc) is 2.57. The van der Waals surface area contributed by atoms with Gasteiger partial charge in [0.05, 0.1) is 11.2 Å². The van der Waals surface area contributed by atoms with Crippen LogP contribution in [0.25, 0.3) is 0 Å². The van der Waals surface area contributed by atoms with E-state index in [9.17, 15) is 4.79 Å². The molecule has 0 bridgehead atoms. The predicted octanol–water partition coefficient (Wildman–Crippen LogP) is 5.72. The van der Waals surface area contributed by atoms with Crippen molar-refractivity contribution >= 4 is 51.3 Å². The fourth-order valence-electron chi connectivity index (χ4n) is 2.20. The molecule has 4 nitrogen and oxygen atoms in total. The maximum Gasteiger partial charge on any atom is 0.277 e. The van der Waals surface area contributed by atoms with Gasteiger partial charge in [-0.2, -0.15) is 5.10 Å². The molecule has 0 aliphatic rings. The molecular weight excluding hydrogens is 439 g/mol. The first-order valence-corrected chi connectivity index (χ1v) is 9.52. The lowest BCUT2D eigenvalue weighted by Gasteiger charge is -2.15. The fourth-order valence-corrected chi connectivity index (χ4v) is 3.02. The van der Waals surface area contributed by atoms with Crippen molar-refractivity contribution in [3.05, 3.63) is 61.5 Å². The molecule has 2 rings (SSSR count). The lowest BCUT2D eigenvalue weighted by atomic mass is 10.0. The maximum absolute atomic E-state index is 12.0. The highest BCUT2D eigenvalue weighted by molar-refractivity contribution is 9.10. The van der Waals surface area contributed by atoms with Gasteiger partial charge in [-0.15, -0.1) is 0 Å². The molecule has 0 fully saturated rings. The Morgan fingerprint density at radius 3 is 2.69 bits per heavy atom. The summed E-state index contributed by atoms with van der Waals surface area (Å²) in [7, 11) is 0. The normalized spacial score (nSPS) is 11.2. The summed E-state index contributed by atoms with van der Waals surface area (Å²) in [6.07, 6.45) is 1.46. The number of carbonyl (C=O) groups is 1. The van der Waals surface area contributed by atoms with Crippen LogP contribution < -0.4 is 10.2 Å². The van der Waals surface area contributed by atoms with Gasteiger partial charge in [-0.25, -0.2) is 5.43 Å². The molecule has 0 atom stereocenters. The Labute approximate surface area is 171 Å². The summed E-state index contributed by atoms with van der Waals surface area (Å²) in [5, 5.41) is 4.89. The van der Waals surface area contributed by atoms with Crippen molar-refractivity contribution in [2.75, 3.05) is 6.61 Å². The first kappa shape index (κ1) is 20.7. The van der Waals surface area contributed by atoms with Gasteiger partial charge >= 0.3 is 0 Å². The number of hydrogen-bond donors (Lipinski definition) is 1. The van der Waals surface area contributed by atoms with Gasteiger partial charge in [0, 0.05) is 15.1 Å². The van der Waals surface area contributed by atoms with Crippen molar-refractivity contribution in [2.24, 2.45) is 5.10 Å². The van der Waals surface area contributed by atoms with Gasteiger partial charge in [-0.05, 0) is 48.2 Å². The van der Waals surface area contributed by atoms with Crippen LogP contribution in [-0.2, 0) is 4.79 Å². The summed E-state index contributed by atoms with van der Waals surface area (Å²) in [5.41, 5.74) is 5.15. The smallest absolute Gasteiger partial charge is 0.277 e. The molecule has 0 spiro atoms. The number of amides is 1. The number of benzene rings is 2. The van der Waals surface area contributed by atoms with E-state index in [4.69, 9.17) is 27.9 Å². The molecule has 7 heteroatoms. The quantitative estimate of drug-likeness (QED) is 0.445. The Morgan fingerprint density at radius 1 is 1.31 bits per heavy atom. The Kier molecular flexibility index (Phi) is 7.50. The van der Waals surface area contributed by atoms with E-state index >= 15 is 0 Å². The van der Waals surface area contributed by atoms with Crippen molar-refractivity contribution in [1.29, 1.82) is 0 Å². The van der Waals surface area contributed by atoms with E-state index in [1.54, 1.807) is 18.2 Å². The van der Waals surface area contributed by atoms with Crippen LogP contribution in [-0.4, -0.2) is 18.7 Å². The minimum Gasteiger partial charge on any atom is -0.483 e. The number of aryl methyl sites for hydroxylation is 1. The number of hydrogen-bond acceptors (Lipinski definition) is 3. The van der Waals surface area contributed by atoms with Crippen molar-refractivity contribution in [3.8, 4) is 5.75 Å². The van der Waals surface area contributed by atoms with E-state index in [1.165, 1.54) is 6.21 Å². The second-order valence-corrected chi connectivity index (χ2v) is 7.74. The summed E-state index contributed by atoms with van der Waals surface area (Å²) in [6.45, 7) is 5.99.